The summed E-state index contributed by atoms with van der Waals surface area (Å²) in [5.74, 6) is -0.344. The third kappa shape index (κ3) is 3.79. The maximum absolute atomic E-state index is 13.2. The van der Waals surface area contributed by atoms with Crippen LogP contribution in [0.5, 0.6) is 0 Å². The molecule has 1 atom stereocenters. The van der Waals surface area contributed by atoms with Gasteiger partial charge in [0.1, 0.15) is 5.82 Å². The molecule has 4 rings (SSSR count). The smallest absolute Gasteiger partial charge is 0.253 e. The Bertz CT molecular complexity index is 857. The van der Waals surface area contributed by atoms with Crippen molar-refractivity contribution in [3.05, 3.63) is 71.0 Å². The maximum Gasteiger partial charge on any atom is 0.253 e. The van der Waals surface area contributed by atoms with Gasteiger partial charge in [-0.2, -0.15) is 0 Å². The minimum atomic E-state index is -0.351. The fraction of sp³-hybridized carbons (Fsp3) is 0.391. The van der Waals surface area contributed by atoms with Crippen LogP contribution in [0.15, 0.2) is 48.5 Å². The van der Waals surface area contributed by atoms with E-state index < -0.39 is 0 Å². The third-order valence-corrected chi connectivity index (χ3v) is 5.89. The van der Waals surface area contributed by atoms with Gasteiger partial charge in [-0.15, -0.1) is 0 Å². The summed E-state index contributed by atoms with van der Waals surface area (Å²) in [4.78, 5) is 29.5. The Morgan fingerprint density at radius 3 is 2.29 bits per heavy atom. The van der Waals surface area contributed by atoms with Crippen molar-refractivity contribution in [1.29, 1.82) is 0 Å². The van der Waals surface area contributed by atoms with E-state index in [9.17, 15) is 14.0 Å². The lowest BCUT2D eigenvalue weighted by molar-refractivity contribution is -0.134. The molecule has 1 heterocycles. The Labute approximate surface area is 164 Å². The molecule has 0 bridgehead atoms. The topological polar surface area (TPSA) is 40.6 Å². The molecule has 2 aromatic carbocycles. The van der Waals surface area contributed by atoms with Crippen LogP contribution in [0.3, 0.4) is 0 Å². The lowest BCUT2D eigenvalue weighted by Crippen LogP contribution is -2.51. The first-order valence-corrected chi connectivity index (χ1v) is 10.0. The Morgan fingerprint density at radius 2 is 1.54 bits per heavy atom. The van der Waals surface area contributed by atoms with Crippen LogP contribution in [0.2, 0.25) is 0 Å². The highest BCUT2D eigenvalue weighted by Crippen LogP contribution is 2.32. The molecule has 1 saturated heterocycles. The van der Waals surface area contributed by atoms with Crippen LogP contribution in [0.4, 0.5) is 4.39 Å². The molecule has 1 aliphatic carbocycles. The molecule has 146 valence electrons. The number of rotatable bonds is 2. The number of hydrogen-bond donors (Lipinski definition) is 0. The average Bonchev–Trinajstić information content (AvgIpc) is 2.96. The van der Waals surface area contributed by atoms with Gasteiger partial charge in [-0.3, -0.25) is 9.59 Å². The van der Waals surface area contributed by atoms with E-state index in [4.69, 9.17) is 0 Å². The molecule has 2 aromatic rings. The maximum atomic E-state index is 13.2. The molecule has 1 aliphatic heterocycles. The van der Waals surface area contributed by atoms with Crippen molar-refractivity contribution >= 4 is 11.8 Å². The molecule has 1 fully saturated rings. The van der Waals surface area contributed by atoms with Crippen molar-refractivity contribution < 1.29 is 14.0 Å². The zero-order chi connectivity index (χ0) is 19.5. The quantitative estimate of drug-likeness (QED) is 0.747. The molecule has 1 unspecified atom stereocenters. The zero-order valence-electron chi connectivity index (χ0n) is 15.9. The molecule has 2 amide bonds. The summed E-state index contributed by atoms with van der Waals surface area (Å²) in [7, 11) is 0. The monoisotopic (exact) mass is 380 g/mol. The first-order valence-electron chi connectivity index (χ1n) is 10.0. The molecule has 0 N–H and O–H groups in total. The van der Waals surface area contributed by atoms with Gasteiger partial charge >= 0.3 is 0 Å². The summed E-state index contributed by atoms with van der Waals surface area (Å²) >= 11 is 0. The fourth-order valence-corrected chi connectivity index (χ4v) is 4.30. The first-order chi connectivity index (χ1) is 13.6. The normalized spacial score (nSPS) is 19.7. The van der Waals surface area contributed by atoms with Gasteiger partial charge in [-0.25, -0.2) is 4.39 Å². The van der Waals surface area contributed by atoms with Crippen molar-refractivity contribution in [3.63, 3.8) is 0 Å². The number of nitrogens with zero attached hydrogens (tertiary/aromatic N) is 2. The van der Waals surface area contributed by atoms with E-state index in [-0.39, 0.29) is 23.5 Å². The highest BCUT2D eigenvalue weighted by molar-refractivity contribution is 5.94. The number of benzene rings is 2. The van der Waals surface area contributed by atoms with Crippen molar-refractivity contribution in [2.45, 2.75) is 31.6 Å². The lowest BCUT2D eigenvalue weighted by atomic mass is 9.91. The molecular weight excluding hydrogens is 355 g/mol. The minimum absolute atomic E-state index is 0.0712. The van der Waals surface area contributed by atoms with Gasteiger partial charge in [0, 0.05) is 31.7 Å². The molecular formula is C23H25FN2O2. The summed E-state index contributed by atoms with van der Waals surface area (Å²) in [6, 6.07) is 13.9. The summed E-state index contributed by atoms with van der Waals surface area (Å²) in [5, 5.41) is 0. The third-order valence-electron chi connectivity index (χ3n) is 5.89. The van der Waals surface area contributed by atoms with Crippen LogP contribution in [-0.4, -0.2) is 47.8 Å². The van der Waals surface area contributed by atoms with Gasteiger partial charge in [-0.1, -0.05) is 30.7 Å². The fourth-order valence-electron chi connectivity index (χ4n) is 4.30. The van der Waals surface area contributed by atoms with Crippen LogP contribution in [-0.2, 0) is 11.2 Å². The first kappa shape index (κ1) is 18.7. The second-order valence-electron chi connectivity index (χ2n) is 7.62. The van der Waals surface area contributed by atoms with Gasteiger partial charge < -0.3 is 9.80 Å². The number of amides is 2. The zero-order valence-corrected chi connectivity index (χ0v) is 15.9. The number of hydrogen-bond acceptors (Lipinski definition) is 2. The lowest BCUT2D eigenvalue weighted by Gasteiger charge is -2.36. The number of aryl methyl sites for hydroxylation is 1. The Kier molecular flexibility index (Phi) is 5.42. The van der Waals surface area contributed by atoms with Crippen molar-refractivity contribution in [3.8, 4) is 0 Å². The van der Waals surface area contributed by atoms with Gasteiger partial charge in [0.05, 0.1) is 5.92 Å². The number of piperazine rings is 1. The number of fused-ring (bicyclic) bond motifs is 1. The van der Waals surface area contributed by atoms with Gasteiger partial charge in [0.25, 0.3) is 5.91 Å². The van der Waals surface area contributed by atoms with E-state index in [1.165, 1.54) is 35.4 Å². The summed E-state index contributed by atoms with van der Waals surface area (Å²) in [5.41, 5.74) is 2.96. The van der Waals surface area contributed by atoms with Gasteiger partial charge in [0.15, 0.2) is 0 Å². The second-order valence-corrected chi connectivity index (χ2v) is 7.62. The van der Waals surface area contributed by atoms with E-state index in [1.807, 2.05) is 17.0 Å². The molecule has 0 saturated carbocycles. The van der Waals surface area contributed by atoms with Crippen LogP contribution >= 0.6 is 0 Å². The highest BCUT2D eigenvalue weighted by atomic mass is 19.1. The SMILES string of the molecule is O=C(c1ccc(F)cc1)N1CCN(C(=O)C2CCCCc3ccccc32)CC1. The predicted molar refractivity (Wildman–Crippen MR) is 106 cm³/mol. The molecule has 28 heavy (non-hydrogen) atoms. The van der Waals surface area contributed by atoms with Crippen LogP contribution < -0.4 is 0 Å². The van der Waals surface area contributed by atoms with Crippen molar-refractivity contribution in [2.24, 2.45) is 0 Å². The van der Waals surface area contributed by atoms with Gasteiger partial charge in [-0.05, 0) is 54.7 Å². The Balaban J connectivity index is 1.42. The average molecular weight is 380 g/mol. The van der Waals surface area contributed by atoms with Crippen molar-refractivity contribution in [2.75, 3.05) is 26.2 Å². The predicted octanol–water partition coefficient (Wildman–Crippen LogP) is 3.62. The number of halogens is 1. The Hall–Kier alpha value is -2.69. The number of carbonyl (C=O) groups excluding carboxylic acids is 2. The van der Waals surface area contributed by atoms with Gasteiger partial charge in [0.2, 0.25) is 5.91 Å². The Morgan fingerprint density at radius 1 is 0.857 bits per heavy atom. The molecule has 0 aromatic heterocycles. The molecule has 0 radical (unpaired) electrons. The van der Waals surface area contributed by atoms with E-state index in [2.05, 4.69) is 12.1 Å². The number of carbonyl (C=O) groups is 2. The van der Waals surface area contributed by atoms with E-state index in [1.54, 1.807) is 4.90 Å². The van der Waals surface area contributed by atoms with Crippen LogP contribution in [0.1, 0.15) is 46.7 Å². The molecule has 5 heteroatoms. The molecule has 4 nitrogen and oxygen atoms in total. The molecule has 2 aliphatic rings. The summed E-state index contributed by atoms with van der Waals surface area (Å²) < 4.78 is 13.1. The molecule has 0 spiro atoms. The van der Waals surface area contributed by atoms with Crippen molar-refractivity contribution in [1.82, 2.24) is 9.80 Å². The summed E-state index contributed by atoms with van der Waals surface area (Å²) in [6.45, 7) is 2.11. The highest BCUT2D eigenvalue weighted by Gasteiger charge is 2.31. The standard InChI is InChI=1S/C23H25FN2O2/c24-19-11-9-18(10-12-19)22(27)25-13-15-26(16-14-25)23(28)21-8-4-2-6-17-5-1-3-7-20(17)21/h1,3,5,7,9-12,21H,2,4,6,8,13-16H2. The van der Waals surface area contributed by atoms with Crippen LogP contribution in [0.25, 0.3) is 0 Å². The largest absolute Gasteiger partial charge is 0.339 e. The van der Waals surface area contributed by atoms with E-state index >= 15 is 0 Å². The van der Waals surface area contributed by atoms with Crippen LogP contribution in [0, 0.1) is 5.82 Å². The van der Waals surface area contributed by atoms with E-state index in [0.717, 1.165) is 25.7 Å². The minimum Gasteiger partial charge on any atom is -0.339 e. The summed E-state index contributed by atoms with van der Waals surface area (Å²) in [6.07, 6.45) is 4.12. The van der Waals surface area contributed by atoms with E-state index in [0.29, 0.717) is 31.7 Å². The second kappa shape index (κ2) is 8.13.